The van der Waals surface area contributed by atoms with Gasteiger partial charge in [-0.25, -0.2) is 4.98 Å². The van der Waals surface area contributed by atoms with Crippen molar-refractivity contribution < 1.29 is 23.9 Å². The van der Waals surface area contributed by atoms with E-state index in [-0.39, 0.29) is 35.0 Å². The molecule has 1 saturated heterocycles. The van der Waals surface area contributed by atoms with Crippen molar-refractivity contribution in [3.8, 4) is 5.88 Å². The number of methoxy groups -OCH3 is 1. The average Bonchev–Trinajstić information content (AvgIpc) is 2.83. The van der Waals surface area contributed by atoms with E-state index in [9.17, 15) is 19.2 Å². The lowest BCUT2D eigenvalue weighted by Crippen LogP contribution is -2.46. The number of amides is 4. The zero-order valence-corrected chi connectivity index (χ0v) is 19.1. The predicted molar refractivity (Wildman–Crippen MR) is 124 cm³/mol. The summed E-state index contributed by atoms with van der Waals surface area (Å²) >= 11 is 0. The molecule has 0 spiro atoms. The van der Waals surface area contributed by atoms with Gasteiger partial charge in [0.1, 0.15) is 5.56 Å². The van der Waals surface area contributed by atoms with Crippen LogP contribution in [-0.4, -0.2) is 47.2 Å². The van der Waals surface area contributed by atoms with E-state index in [1.165, 1.54) is 19.4 Å². The Bertz CT molecular complexity index is 1160. The first kappa shape index (κ1) is 23.2. The molecule has 2 atom stereocenters. The minimum atomic E-state index is -0.827. The summed E-state index contributed by atoms with van der Waals surface area (Å²) in [6.07, 6.45) is 4.01. The normalized spacial score (nSPS) is 19.6. The van der Waals surface area contributed by atoms with Crippen LogP contribution in [0.1, 0.15) is 53.7 Å². The van der Waals surface area contributed by atoms with Crippen LogP contribution in [-0.2, 0) is 20.8 Å². The van der Waals surface area contributed by atoms with Gasteiger partial charge >= 0.3 is 11.8 Å². The molecular formula is C24H27N5O5. The molecule has 0 aliphatic carbocycles. The van der Waals surface area contributed by atoms with Crippen molar-refractivity contribution in [1.82, 2.24) is 9.88 Å². The maximum Gasteiger partial charge on any atom is 0.313 e. The van der Waals surface area contributed by atoms with Gasteiger partial charge in [0.15, 0.2) is 0 Å². The lowest BCUT2D eigenvalue weighted by atomic mass is 9.88. The lowest BCUT2D eigenvalue weighted by Gasteiger charge is -2.39. The largest absolute Gasteiger partial charge is 0.480 e. The fourth-order valence-electron chi connectivity index (χ4n) is 4.51. The molecule has 2 aliphatic heterocycles. The maximum atomic E-state index is 13.2. The highest BCUT2D eigenvalue weighted by molar-refractivity contribution is 6.39. The lowest BCUT2D eigenvalue weighted by molar-refractivity contribution is -0.146. The zero-order chi connectivity index (χ0) is 24.4. The number of ether oxygens (including phenoxy) is 1. The zero-order valence-electron chi connectivity index (χ0n) is 19.1. The molecule has 1 fully saturated rings. The monoisotopic (exact) mass is 465 g/mol. The van der Waals surface area contributed by atoms with E-state index in [1.807, 2.05) is 25.1 Å². The number of benzene rings is 1. The van der Waals surface area contributed by atoms with E-state index < -0.39 is 17.7 Å². The Balaban J connectivity index is 1.55. The standard InChI is InChI=1S/C24H27N5O5/c1-13-3-7-19(15-4-6-18-14(9-15)5-8-20(30)28-18)29(12-13)24(33)22(32)27-16-10-17(21(25)31)23(34-2)26-11-16/h4,6,9-11,13,19H,3,5,7-8,12H2,1-2H3,(H2,25,31)(H,27,32)(H,28,30)/t13-,19+/m0/s1. The molecule has 10 nitrogen and oxygen atoms in total. The number of hydrogen-bond donors (Lipinski definition) is 3. The number of carbonyl (C=O) groups is 4. The van der Waals surface area contributed by atoms with Crippen LogP contribution < -0.4 is 21.1 Å². The molecule has 4 amide bonds. The van der Waals surface area contributed by atoms with E-state index >= 15 is 0 Å². The van der Waals surface area contributed by atoms with Crippen molar-refractivity contribution >= 4 is 35.0 Å². The maximum absolute atomic E-state index is 13.2. The van der Waals surface area contributed by atoms with Crippen LogP contribution in [0.2, 0.25) is 0 Å². The number of rotatable bonds is 4. The molecule has 0 unspecified atom stereocenters. The molecule has 34 heavy (non-hydrogen) atoms. The number of anilines is 2. The van der Waals surface area contributed by atoms with Gasteiger partial charge in [-0.2, -0.15) is 0 Å². The van der Waals surface area contributed by atoms with Crippen LogP contribution >= 0.6 is 0 Å². The number of carbonyl (C=O) groups excluding carboxylic acids is 4. The fraction of sp³-hybridized carbons (Fsp3) is 0.375. The van der Waals surface area contributed by atoms with Gasteiger partial charge in [0.05, 0.1) is 25.0 Å². The third kappa shape index (κ3) is 4.70. The topological polar surface area (TPSA) is 144 Å². The number of piperidine rings is 1. The summed E-state index contributed by atoms with van der Waals surface area (Å²) in [7, 11) is 1.35. The van der Waals surface area contributed by atoms with Crippen molar-refractivity contribution in [2.45, 2.75) is 38.6 Å². The molecule has 4 rings (SSSR count). The molecule has 0 radical (unpaired) electrons. The minimum Gasteiger partial charge on any atom is -0.480 e. The third-order valence-corrected chi connectivity index (χ3v) is 6.25. The number of fused-ring (bicyclic) bond motifs is 1. The Labute approximate surface area is 196 Å². The van der Waals surface area contributed by atoms with Crippen LogP contribution in [0.15, 0.2) is 30.5 Å². The predicted octanol–water partition coefficient (Wildman–Crippen LogP) is 2.01. The number of nitrogens with zero attached hydrogens (tertiary/aromatic N) is 2. The Morgan fingerprint density at radius 1 is 1.21 bits per heavy atom. The third-order valence-electron chi connectivity index (χ3n) is 6.25. The van der Waals surface area contributed by atoms with Crippen LogP contribution in [0.5, 0.6) is 5.88 Å². The Kier molecular flexibility index (Phi) is 6.49. The molecule has 3 heterocycles. The van der Waals surface area contributed by atoms with Crippen LogP contribution in [0.3, 0.4) is 0 Å². The Morgan fingerprint density at radius 3 is 2.74 bits per heavy atom. The Hall–Kier alpha value is -3.95. The summed E-state index contributed by atoms with van der Waals surface area (Å²) in [5.74, 6) is -1.99. The highest BCUT2D eigenvalue weighted by Crippen LogP contribution is 2.36. The smallest absolute Gasteiger partial charge is 0.313 e. The molecule has 2 aliphatic rings. The first-order valence-electron chi connectivity index (χ1n) is 11.1. The molecule has 10 heteroatoms. The highest BCUT2D eigenvalue weighted by atomic mass is 16.5. The van der Waals surface area contributed by atoms with Gasteiger partial charge in [-0.15, -0.1) is 0 Å². The second-order valence-corrected chi connectivity index (χ2v) is 8.72. The number of pyridine rings is 1. The van der Waals surface area contributed by atoms with E-state index in [0.29, 0.717) is 19.4 Å². The minimum absolute atomic E-state index is 0.00151. The number of aromatic nitrogens is 1. The molecule has 2 aromatic rings. The number of primary amides is 1. The molecule has 4 N–H and O–H groups in total. The van der Waals surface area contributed by atoms with Crippen molar-refractivity contribution in [3.05, 3.63) is 47.2 Å². The summed E-state index contributed by atoms with van der Waals surface area (Å²) in [4.78, 5) is 55.0. The quantitative estimate of drug-likeness (QED) is 0.589. The van der Waals surface area contributed by atoms with Crippen molar-refractivity contribution in [2.24, 2.45) is 11.7 Å². The van der Waals surface area contributed by atoms with Gasteiger partial charge in [0, 0.05) is 18.7 Å². The van der Waals surface area contributed by atoms with Gasteiger partial charge in [-0.3, -0.25) is 19.2 Å². The molecule has 1 aromatic carbocycles. The van der Waals surface area contributed by atoms with Gasteiger partial charge in [0.25, 0.3) is 5.91 Å². The van der Waals surface area contributed by atoms with E-state index in [0.717, 1.165) is 29.7 Å². The summed E-state index contributed by atoms with van der Waals surface area (Å²) in [5, 5.41) is 5.39. The number of hydrogen-bond acceptors (Lipinski definition) is 6. The molecular weight excluding hydrogens is 438 g/mol. The summed E-state index contributed by atoms with van der Waals surface area (Å²) < 4.78 is 5.01. The molecule has 178 valence electrons. The summed E-state index contributed by atoms with van der Waals surface area (Å²) in [6.45, 7) is 2.49. The van der Waals surface area contributed by atoms with Gasteiger partial charge in [0.2, 0.25) is 11.8 Å². The van der Waals surface area contributed by atoms with Gasteiger partial charge in [-0.1, -0.05) is 19.1 Å². The van der Waals surface area contributed by atoms with E-state index in [4.69, 9.17) is 10.5 Å². The number of likely N-dealkylation sites (tertiary alicyclic amines) is 1. The number of nitrogens with one attached hydrogen (secondary N) is 2. The number of nitrogens with two attached hydrogens (primary N) is 1. The average molecular weight is 466 g/mol. The fourth-order valence-corrected chi connectivity index (χ4v) is 4.51. The van der Waals surface area contributed by atoms with Gasteiger partial charge in [-0.05, 0) is 48.4 Å². The van der Waals surface area contributed by atoms with E-state index in [2.05, 4.69) is 15.6 Å². The van der Waals surface area contributed by atoms with Crippen molar-refractivity contribution in [2.75, 3.05) is 24.3 Å². The van der Waals surface area contributed by atoms with Crippen LogP contribution in [0, 0.1) is 5.92 Å². The van der Waals surface area contributed by atoms with Crippen molar-refractivity contribution in [1.29, 1.82) is 0 Å². The first-order chi connectivity index (χ1) is 16.3. The highest BCUT2D eigenvalue weighted by Gasteiger charge is 2.35. The Morgan fingerprint density at radius 2 is 2.00 bits per heavy atom. The number of aryl methyl sites for hydroxylation is 1. The van der Waals surface area contributed by atoms with Crippen LogP contribution in [0.25, 0.3) is 0 Å². The van der Waals surface area contributed by atoms with Gasteiger partial charge < -0.3 is 26.0 Å². The molecule has 0 saturated carbocycles. The second kappa shape index (κ2) is 9.50. The summed E-state index contributed by atoms with van der Waals surface area (Å²) in [6, 6.07) is 6.84. The molecule has 1 aromatic heterocycles. The van der Waals surface area contributed by atoms with Crippen molar-refractivity contribution in [3.63, 3.8) is 0 Å². The molecule has 0 bridgehead atoms. The summed E-state index contributed by atoms with van der Waals surface area (Å²) in [5.41, 5.74) is 8.26. The van der Waals surface area contributed by atoms with Crippen LogP contribution in [0.4, 0.5) is 11.4 Å². The van der Waals surface area contributed by atoms with E-state index in [1.54, 1.807) is 4.90 Å². The second-order valence-electron chi connectivity index (χ2n) is 8.72. The SMILES string of the molecule is COc1ncc(NC(=O)C(=O)N2C[C@@H](C)CC[C@@H]2c2ccc3c(c2)CCC(=O)N3)cc1C(N)=O. The first-order valence-corrected chi connectivity index (χ1v) is 11.1.